The number of rotatable bonds is 4. The van der Waals surface area contributed by atoms with Crippen molar-refractivity contribution in [2.24, 2.45) is 0 Å². The quantitative estimate of drug-likeness (QED) is 0.907. The van der Waals surface area contributed by atoms with Crippen molar-refractivity contribution in [1.29, 1.82) is 0 Å². The Morgan fingerprint density at radius 2 is 1.90 bits per heavy atom. The molecule has 0 bridgehead atoms. The Kier molecular flexibility index (Phi) is 4.51. The summed E-state index contributed by atoms with van der Waals surface area (Å²) >= 11 is 2.01. The van der Waals surface area contributed by atoms with E-state index in [1.165, 1.54) is 16.7 Å². The average molecular weight is 299 g/mol. The number of methoxy groups -OCH3 is 1. The molecule has 1 N–H and O–H groups in total. The fourth-order valence-corrected chi connectivity index (χ4v) is 3.92. The lowest BCUT2D eigenvalue weighted by molar-refractivity contribution is 0.414. The topological polar surface area (TPSA) is 21.3 Å². The molecule has 3 rings (SSSR count). The van der Waals surface area contributed by atoms with Gasteiger partial charge in [0.05, 0.1) is 7.11 Å². The zero-order chi connectivity index (χ0) is 14.7. The average Bonchev–Trinajstić information content (AvgIpc) is 2.55. The lowest BCUT2D eigenvalue weighted by Gasteiger charge is -2.29. The van der Waals surface area contributed by atoms with Gasteiger partial charge in [-0.15, -0.1) is 0 Å². The van der Waals surface area contributed by atoms with Gasteiger partial charge in [-0.2, -0.15) is 11.8 Å². The molecule has 1 unspecified atom stereocenters. The van der Waals surface area contributed by atoms with Crippen LogP contribution in [-0.2, 0) is 5.75 Å². The van der Waals surface area contributed by atoms with E-state index in [-0.39, 0.29) is 0 Å². The molecule has 1 aliphatic heterocycles. The molecule has 0 amide bonds. The molecule has 2 atom stereocenters. The molecule has 110 valence electrons. The van der Waals surface area contributed by atoms with E-state index in [9.17, 15) is 0 Å². The highest BCUT2D eigenvalue weighted by Gasteiger charge is 2.21. The minimum absolute atomic E-state index is 0.327. The van der Waals surface area contributed by atoms with Crippen molar-refractivity contribution in [1.82, 2.24) is 5.32 Å². The second-order valence-corrected chi connectivity index (χ2v) is 6.46. The third-order valence-electron chi connectivity index (χ3n) is 4.04. The third-order valence-corrected chi connectivity index (χ3v) is 5.12. The van der Waals surface area contributed by atoms with Crippen LogP contribution in [0.2, 0.25) is 0 Å². The van der Waals surface area contributed by atoms with Crippen molar-refractivity contribution in [3.05, 3.63) is 65.2 Å². The first-order valence-electron chi connectivity index (χ1n) is 7.33. The summed E-state index contributed by atoms with van der Waals surface area (Å²) in [5.41, 5.74) is 4.22. The van der Waals surface area contributed by atoms with Crippen LogP contribution in [0.1, 0.15) is 35.7 Å². The Bertz CT molecular complexity index is 596. The summed E-state index contributed by atoms with van der Waals surface area (Å²) in [4.78, 5) is 0. The van der Waals surface area contributed by atoms with Crippen molar-refractivity contribution in [3.8, 4) is 5.75 Å². The molecule has 3 heteroatoms. The van der Waals surface area contributed by atoms with Gasteiger partial charge in [0.15, 0.2) is 0 Å². The number of nitrogens with one attached hydrogen (secondary N) is 1. The number of benzene rings is 2. The van der Waals surface area contributed by atoms with Gasteiger partial charge >= 0.3 is 0 Å². The second kappa shape index (κ2) is 6.54. The Hall–Kier alpha value is -1.45. The van der Waals surface area contributed by atoms with Crippen LogP contribution in [0, 0.1) is 0 Å². The van der Waals surface area contributed by atoms with E-state index < -0.39 is 0 Å². The van der Waals surface area contributed by atoms with Gasteiger partial charge in [0.2, 0.25) is 0 Å². The number of ether oxygens (including phenoxy) is 1. The smallest absolute Gasteiger partial charge is 0.118 e. The Morgan fingerprint density at radius 3 is 2.67 bits per heavy atom. The van der Waals surface area contributed by atoms with Gasteiger partial charge in [-0.3, -0.25) is 0 Å². The molecule has 0 radical (unpaired) electrons. The lowest BCUT2D eigenvalue weighted by Crippen LogP contribution is -2.29. The summed E-state index contributed by atoms with van der Waals surface area (Å²) in [5, 5.41) is 3.77. The van der Waals surface area contributed by atoms with Crippen LogP contribution in [-0.4, -0.2) is 12.9 Å². The second-order valence-electron chi connectivity index (χ2n) is 5.43. The van der Waals surface area contributed by atoms with Gasteiger partial charge in [-0.05, 0) is 35.7 Å². The van der Waals surface area contributed by atoms with Crippen molar-refractivity contribution in [2.75, 3.05) is 12.9 Å². The highest BCUT2D eigenvalue weighted by molar-refractivity contribution is 7.98. The Labute approximate surface area is 130 Å². The fraction of sp³-hybridized carbons (Fsp3) is 0.333. The maximum Gasteiger partial charge on any atom is 0.118 e. The molecule has 0 saturated carbocycles. The summed E-state index contributed by atoms with van der Waals surface area (Å²) in [6.07, 6.45) is 0. The van der Waals surface area contributed by atoms with Gasteiger partial charge in [0.1, 0.15) is 5.75 Å². The third kappa shape index (κ3) is 3.25. The molecule has 0 aliphatic carbocycles. The molecule has 1 heterocycles. The van der Waals surface area contributed by atoms with Crippen LogP contribution in [0.3, 0.4) is 0 Å². The Balaban J connectivity index is 1.74. The van der Waals surface area contributed by atoms with Crippen LogP contribution in [0.25, 0.3) is 0 Å². The van der Waals surface area contributed by atoms with Crippen LogP contribution >= 0.6 is 11.8 Å². The zero-order valence-corrected chi connectivity index (χ0v) is 13.3. The van der Waals surface area contributed by atoms with Crippen LogP contribution in [0.5, 0.6) is 5.75 Å². The SMILES string of the molecule is COc1ccc([C@@H](C)NC2CSCc3ccccc32)cc1. The van der Waals surface area contributed by atoms with E-state index in [1.54, 1.807) is 7.11 Å². The van der Waals surface area contributed by atoms with Crippen molar-refractivity contribution in [2.45, 2.75) is 24.8 Å². The molecule has 1 aliphatic rings. The molecule has 2 aromatic carbocycles. The molecule has 2 aromatic rings. The van der Waals surface area contributed by atoms with Crippen molar-refractivity contribution in [3.63, 3.8) is 0 Å². The molecule has 0 aromatic heterocycles. The standard InChI is InChI=1S/C18H21NOS/c1-13(14-7-9-16(20-2)10-8-14)19-18-12-21-11-15-5-3-4-6-17(15)18/h3-10,13,18-19H,11-12H2,1-2H3/t13-,18?/m1/s1. The van der Waals surface area contributed by atoms with Crippen molar-refractivity contribution >= 4 is 11.8 Å². The number of hydrogen-bond acceptors (Lipinski definition) is 3. The molecule has 2 nitrogen and oxygen atoms in total. The van der Waals surface area contributed by atoms with Gasteiger partial charge in [0.25, 0.3) is 0 Å². The van der Waals surface area contributed by atoms with Gasteiger partial charge < -0.3 is 10.1 Å². The maximum atomic E-state index is 5.22. The minimum atomic E-state index is 0.327. The first-order chi connectivity index (χ1) is 10.3. The van der Waals surface area contributed by atoms with Crippen LogP contribution in [0.15, 0.2) is 48.5 Å². The highest BCUT2D eigenvalue weighted by atomic mass is 32.2. The minimum Gasteiger partial charge on any atom is -0.497 e. The van der Waals surface area contributed by atoms with E-state index in [1.807, 2.05) is 23.9 Å². The van der Waals surface area contributed by atoms with E-state index in [2.05, 4.69) is 48.6 Å². The van der Waals surface area contributed by atoms with Crippen LogP contribution < -0.4 is 10.1 Å². The van der Waals surface area contributed by atoms with Gasteiger partial charge in [-0.25, -0.2) is 0 Å². The summed E-state index contributed by atoms with van der Waals surface area (Å²) in [5.74, 6) is 3.17. The Morgan fingerprint density at radius 1 is 1.14 bits per heavy atom. The largest absolute Gasteiger partial charge is 0.497 e. The number of hydrogen-bond donors (Lipinski definition) is 1. The van der Waals surface area contributed by atoms with E-state index in [4.69, 9.17) is 4.74 Å². The lowest BCUT2D eigenvalue weighted by atomic mass is 10.00. The monoisotopic (exact) mass is 299 g/mol. The number of fused-ring (bicyclic) bond motifs is 1. The zero-order valence-electron chi connectivity index (χ0n) is 12.5. The normalized spacial score (nSPS) is 18.9. The summed E-state index contributed by atoms with van der Waals surface area (Å²) in [6, 6.07) is 17.9. The van der Waals surface area contributed by atoms with E-state index >= 15 is 0 Å². The van der Waals surface area contributed by atoms with Crippen LogP contribution in [0.4, 0.5) is 0 Å². The first kappa shape index (κ1) is 14.5. The molecule has 0 saturated heterocycles. The molecular formula is C18H21NOS. The molecule has 0 spiro atoms. The first-order valence-corrected chi connectivity index (χ1v) is 8.49. The van der Waals surface area contributed by atoms with Gasteiger partial charge in [-0.1, -0.05) is 36.4 Å². The number of thioether (sulfide) groups is 1. The highest BCUT2D eigenvalue weighted by Crippen LogP contribution is 2.33. The molecule has 0 fully saturated rings. The summed E-state index contributed by atoms with van der Waals surface area (Å²) in [6.45, 7) is 2.23. The summed E-state index contributed by atoms with van der Waals surface area (Å²) < 4.78 is 5.22. The van der Waals surface area contributed by atoms with Gasteiger partial charge in [0, 0.05) is 23.6 Å². The molecule has 21 heavy (non-hydrogen) atoms. The predicted octanol–water partition coefficient (Wildman–Crippen LogP) is 4.33. The van der Waals surface area contributed by atoms with Crippen molar-refractivity contribution < 1.29 is 4.74 Å². The molecular weight excluding hydrogens is 278 g/mol. The summed E-state index contributed by atoms with van der Waals surface area (Å²) in [7, 11) is 1.70. The van der Waals surface area contributed by atoms with E-state index in [0.29, 0.717) is 12.1 Å². The predicted molar refractivity (Wildman–Crippen MR) is 89.9 cm³/mol. The van der Waals surface area contributed by atoms with E-state index in [0.717, 1.165) is 17.3 Å². The fourth-order valence-electron chi connectivity index (χ4n) is 2.81. The maximum absolute atomic E-state index is 5.22.